The van der Waals surface area contributed by atoms with Crippen molar-refractivity contribution in [3.8, 4) is 50.6 Å². The fourth-order valence-electron chi connectivity index (χ4n) is 9.60. The van der Waals surface area contributed by atoms with Crippen molar-refractivity contribution in [1.82, 2.24) is 4.57 Å². The molecule has 2 aliphatic rings. The highest BCUT2D eigenvalue weighted by molar-refractivity contribution is 6.25. The van der Waals surface area contributed by atoms with Crippen molar-refractivity contribution in [2.75, 3.05) is 0 Å². The predicted octanol–water partition coefficient (Wildman–Crippen LogP) is 13.9. The van der Waals surface area contributed by atoms with Gasteiger partial charge >= 0.3 is 0 Å². The molecule has 0 N–H and O–H groups in total. The number of hydrogen-bond acceptors (Lipinski definition) is 1. The fourth-order valence-corrected chi connectivity index (χ4v) is 9.60. The summed E-state index contributed by atoms with van der Waals surface area (Å²) in [5.41, 5.74) is 15.2. The summed E-state index contributed by atoms with van der Waals surface area (Å²) < 4.78 is 9.09. The first-order valence-corrected chi connectivity index (χ1v) is 18.9. The zero-order valence-electron chi connectivity index (χ0n) is 29.5. The van der Waals surface area contributed by atoms with Gasteiger partial charge in [0.2, 0.25) is 0 Å². The molecule has 1 unspecified atom stereocenters. The van der Waals surface area contributed by atoms with Crippen LogP contribution in [0.15, 0.2) is 182 Å². The van der Waals surface area contributed by atoms with Crippen LogP contribution in [0.3, 0.4) is 0 Å². The number of rotatable bonds is 3. The molecule has 2 heteroatoms. The van der Waals surface area contributed by atoms with Crippen LogP contribution in [0, 0.1) is 0 Å². The maximum Gasteiger partial charge on any atom is 0.138 e. The van der Waals surface area contributed by atoms with Gasteiger partial charge in [-0.3, -0.25) is 0 Å². The first-order valence-electron chi connectivity index (χ1n) is 18.9. The van der Waals surface area contributed by atoms with Crippen LogP contribution in [0.1, 0.15) is 22.6 Å². The van der Waals surface area contributed by atoms with Gasteiger partial charge in [0.1, 0.15) is 11.5 Å². The Kier molecular flexibility index (Phi) is 6.20. The lowest BCUT2D eigenvalue weighted by atomic mass is 9.74. The molecule has 0 spiro atoms. The quantitative estimate of drug-likeness (QED) is 0.180. The minimum atomic E-state index is 0.279. The van der Waals surface area contributed by atoms with Gasteiger partial charge in [0.05, 0.1) is 11.0 Å². The van der Waals surface area contributed by atoms with Crippen molar-refractivity contribution in [3.05, 3.63) is 199 Å². The molecular formula is C52H33NO. The van der Waals surface area contributed by atoms with E-state index in [9.17, 15) is 0 Å². The van der Waals surface area contributed by atoms with E-state index in [1.165, 1.54) is 82.3 Å². The third-order valence-electron chi connectivity index (χ3n) is 12.0. The molecule has 10 aromatic rings. The Hall–Kier alpha value is -6.90. The molecule has 1 aliphatic carbocycles. The third kappa shape index (κ3) is 4.22. The summed E-state index contributed by atoms with van der Waals surface area (Å²) in [5.74, 6) is 2.09. The minimum Gasteiger partial charge on any atom is -0.456 e. The van der Waals surface area contributed by atoms with E-state index in [2.05, 4.69) is 180 Å². The van der Waals surface area contributed by atoms with Crippen molar-refractivity contribution in [3.63, 3.8) is 0 Å². The lowest BCUT2D eigenvalue weighted by Gasteiger charge is -2.29. The van der Waals surface area contributed by atoms with Gasteiger partial charge in [-0.15, -0.1) is 0 Å². The van der Waals surface area contributed by atoms with Crippen molar-refractivity contribution < 1.29 is 4.74 Å². The number of aromatic nitrogens is 1. The lowest BCUT2D eigenvalue weighted by Crippen LogP contribution is -2.13. The van der Waals surface area contributed by atoms with Gasteiger partial charge in [0.25, 0.3) is 0 Å². The molecule has 1 aliphatic heterocycles. The molecule has 0 amide bonds. The molecule has 0 radical (unpaired) electrons. The topological polar surface area (TPSA) is 14.2 Å². The SMILES string of the molecule is c1ccc(-n2c3cc(-c4ccc5c(c4)CC(c4cccc6ccccc46)c4ccccc4-5)ccc3c3c4cccc5c4c(cc32)Oc2ccccc2-5)cc1. The summed E-state index contributed by atoms with van der Waals surface area (Å²) in [6, 6.07) is 66.9. The molecule has 2 nitrogen and oxygen atoms in total. The Morgan fingerprint density at radius 3 is 2.07 bits per heavy atom. The number of para-hydroxylation sites is 2. The summed E-state index contributed by atoms with van der Waals surface area (Å²) in [7, 11) is 0. The van der Waals surface area contributed by atoms with Crippen LogP contribution in [-0.4, -0.2) is 4.57 Å². The molecular weight excluding hydrogens is 655 g/mol. The van der Waals surface area contributed by atoms with E-state index >= 15 is 0 Å². The molecule has 2 heterocycles. The summed E-state index contributed by atoms with van der Waals surface area (Å²) in [6.45, 7) is 0. The van der Waals surface area contributed by atoms with Gasteiger partial charge in [-0.1, -0.05) is 152 Å². The van der Waals surface area contributed by atoms with Crippen molar-refractivity contribution in [1.29, 1.82) is 0 Å². The van der Waals surface area contributed by atoms with E-state index in [4.69, 9.17) is 4.74 Å². The normalized spacial score (nSPS) is 14.2. The van der Waals surface area contributed by atoms with E-state index in [0.29, 0.717) is 0 Å². The van der Waals surface area contributed by atoms with Crippen LogP contribution in [0.4, 0.5) is 0 Å². The predicted molar refractivity (Wildman–Crippen MR) is 224 cm³/mol. The third-order valence-corrected chi connectivity index (χ3v) is 12.0. The van der Waals surface area contributed by atoms with E-state index in [-0.39, 0.29) is 5.92 Å². The first kappa shape index (κ1) is 29.7. The minimum absolute atomic E-state index is 0.279. The molecule has 0 saturated heterocycles. The molecule has 0 fully saturated rings. The van der Waals surface area contributed by atoms with Crippen LogP contribution < -0.4 is 4.74 Å². The van der Waals surface area contributed by atoms with Crippen molar-refractivity contribution in [2.45, 2.75) is 12.3 Å². The number of fused-ring (bicyclic) bond motifs is 10. The summed E-state index contributed by atoms with van der Waals surface area (Å²) >= 11 is 0. The van der Waals surface area contributed by atoms with E-state index < -0.39 is 0 Å². The smallest absolute Gasteiger partial charge is 0.138 e. The largest absolute Gasteiger partial charge is 0.456 e. The molecule has 252 valence electrons. The standard InChI is InChI=1S/C52H33NO/c1-2-14-36(15-3-1)53-47-30-34(25-27-44(47)51-45-22-11-21-43-42-19-8-9-23-49(42)54-50(52(43)45)31-48(51)53)33-24-26-38-35(28-33)29-46(41-18-7-6-17-39(38)41)40-20-10-13-32-12-4-5-16-37(32)40/h1-28,30-31,46H,29H2. The van der Waals surface area contributed by atoms with Crippen LogP contribution in [0.25, 0.3) is 82.4 Å². The molecule has 1 atom stereocenters. The van der Waals surface area contributed by atoms with Gasteiger partial charge in [-0.25, -0.2) is 0 Å². The van der Waals surface area contributed by atoms with Gasteiger partial charge in [-0.05, 0) is 91.4 Å². The Balaban J connectivity index is 1.06. The summed E-state index contributed by atoms with van der Waals surface area (Å²) in [6.07, 6.45) is 0.959. The molecule has 12 rings (SSSR count). The molecule has 9 aromatic carbocycles. The summed E-state index contributed by atoms with van der Waals surface area (Å²) in [5, 5.41) is 7.52. The van der Waals surface area contributed by atoms with Gasteiger partial charge < -0.3 is 9.30 Å². The maximum absolute atomic E-state index is 6.67. The molecule has 1 aromatic heterocycles. The van der Waals surface area contributed by atoms with Gasteiger partial charge in [0.15, 0.2) is 0 Å². The van der Waals surface area contributed by atoms with Crippen LogP contribution in [0.2, 0.25) is 0 Å². The highest BCUT2D eigenvalue weighted by Gasteiger charge is 2.28. The number of hydrogen-bond donors (Lipinski definition) is 0. The Morgan fingerprint density at radius 1 is 0.426 bits per heavy atom. The average Bonchev–Trinajstić information content (AvgIpc) is 3.57. The van der Waals surface area contributed by atoms with Gasteiger partial charge in [-0.2, -0.15) is 0 Å². The fraction of sp³-hybridized carbons (Fsp3) is 0.0385. The average molecular weight is 688 g/mol. The van der Waals surface area contributed by atoms with Crippen molar-refractivity contribution in [2.24, 2.45) is 0 Å². The highest BCUT2D eigenvalue weighted by atomic mass is 16.5. The molecule has 54 heavy (non-hydrogen) atoms. The second-order valence-corrected chi connectivity index (χ2v) is 14.8. The highest BCUT2D eigenvalue weighted by Crippen LogP contribution is 2.51. The van der Waals surface area contributed by atoms with Gasteiger partial charge in [0, 0.05) is 39.4 Å². The van der Waals surface area contributed by atoms with E-state index in [0.717, 1.165) is 34.7 Å². The number of nitrogens with zero attached hydrogens (tertiary/aromatic N) is 1. The number of ether oxygens (including phenoxy) is 1. The van der Waals surface area contributed by atoms with Crippen molar-refractivity contribution >= 4 is 43.4 Å². The van der Waals surface area contributed by atoms with Crippen LogP contribution in [-0.2, 0) is 6.42 Å². The molecule has 0 bridgehead atoms. The maximum atomic E-state index is 6.67. The zero-order chi connectivity index (χ0) is 35.3. The van der Waals surface area contributed by atoms with Crippen LogP contribution >= 0.6 is 0 Å². The lowest BCUT2D eigenvalue weighted by molar-refractivity contribution is 0.487. The zero-order valence-corrected chi connectivity index (χ0v) is 29.5. The monoisotopic (exact) mass is 687 g/mol. The van der Waals surface area contributed by atoms with E-state index in [1.807, 2.05) is 6.07 Å². The second-order valence-electron chi connectivity index (χ2n) is 14.8. The van der Waals surface area contributed by atoms with Crippen LogP contribution in [0.5, 0.6) is 11.5 Å². The Bertz CT molecular complexity index is 3160. The van der Waals surface area contributed by atoms with E-state index in [1.54, 1.807) is 0 Å². The second kappa shape index (κ2) is 11.3. The Labute approximate surface area is 313 Å². The molecule has 0 saturated carbocycles. The Morgan fingerprint density at radius 2 is 1.13 bits per heavy atom. The summed E-state index contributed by atoms with van der Waals surface area (Å²) in [4.78, 5) is 0. The first-order chi connectivity index (χ1) is 26.8. The number of benzene rings is 9.